The Labute approximate surface area is 181 Å². The molecule has 0 atom stereocenters. The van der Waals surface area contributed by atoms with Gasteiger partial charge in [-0.05, 0) is 39.0 Å². The molecular weight excluding hydrogens is 444 g/mol. The highest BCUT2D eigenvalue weighted by molar-refractivity contribution is 7.89. The molecule has 168 valence electrons. The normalized spacial score (nSPS) is 11.5. The number of benzene rings is 1. The predicted molar refractivity (Wildman–Crippen MR) is 114 cm³/mol. The number of rotatable bonds is 7. The van der Waals surface area contributed by atoms with Gasteiger partial charge < -0.3 is 4.18 Å². The van der Waals surface area contributed by atoms with Gasteiger partial charge in [0.15, 0.2) is 16.1 Å². The minimum absolute atomic E-state index is 0.136. The number of sulfone groups is 1. The van der Waals surface area contributed by atoms with Crippen LogP contribution >= 0.6 is 0 Å². The van der Waals surface area contributed by atoms with Gasteiger partial charge in [0.05, 0.1) is 11.9 Å². The van der Waals surface area contributed by atoms with Crippen LogP contribution < -0.4 is 4.18 Å². The van der Waals surface area contributed by atoms with Crippen molar-refractivity contribution in [3.8, 4) is 5.88 Å². The summed E-state index contributed by atoms with van der Waals surface area (Å²) < 4.78 is 53.6. The Balaban J connectivity index is 0.000000233. The van der Waals surface area contributed by atoms with Crippen molar-refractivity contribution in [3.63, 3.8) is 0 Å². The van der Waals surface area contributed by atoms with E-state index in [1.807, 2.05) is 13.8 Å². The first-order valence-electron chi connectivity index (χ1n) is 9.15. The van der Waals surface area contributed by atoms with Crippen LogP contribution in [0.15, 0.2) is 47.5 Å². The third-order valence-electron chi connectivity index (χ3n) is 3.89. The number of carbonyl (C=O) groups excluding carboxylic acids is 1. The van der Waals surface area contributed by atoms with E-state index < -0.39 is 20.0 Å². The van der Waals surface area contributed by atoms with Crippen molar-refractivity contribution in [3.05, 3.63) is 59.5 Å². The molecule has 0 unspecified atom stereocenters. The van der Waals surface area contributed by atoms with E-state index in [1.165, 1.54) is 39.8 Å². The topological polar surface area (TPSA) is 130 Å². The van der Waals surface area contributed by atoms with Gasteiger partial charge in [0.2, 0.25) is 5.88 Å². The third kappa shape index (κ3) is 7.03. The summed E-state index contributed by atoms with van der Waals surface area (Å²) in [6.07, 6.45) is 3.19. The van der Waals surface area contributed by atoms with E-state index in [0.717, 1.165) is 11.8 Å². The predicted octanol–water partition coefficient (Wildman–Crippen LogP) is 1.99. The Bertz CT molecular complexity index is 1240. The van der Waals surface area contributed by atoms with E-state index in [4.69, 9.17) is 4.18 Å². The lowest BCUT2D eigenvalue weighted by atomic mass is 10.2. The van der Waals surface area contributed by atoms with Gasteiger partial charge in [-0.3, -0.25) is 4.79 Å². The van der Waals surface area contributed by atoms with Crippen LogP contribution in [-0.4, -0.2) is 48.9 Å². The molecule has 0 aliphatic carbocycles. The fraction of sp³-hybridized carbons (Fsp3) is 0.316. The van der Waals surface area contributed by atoms with Crippen LogP contribution in [-0.2, 0) is 32.4 Å². The Morgan fingerprint density at radius 3 is 2.23 bits per heavy atom. The lowest BCUT2D eigenvalue weighted by Gasteiger charge is -2.08. The Morgan fingerprint density at radius 1 is 1.03 bits per heavy atom. The van der Waals surface area contributed by atoms with Crippen LogP contribution in [0.25, 0.3) is 0 Å². The molecule has 0 saturated heterocycles. The maximum atomic E-state index is 12.0. The Kier molecular flexibility index (Phi) is 7.74. The van der Waals surface area contributed by atoms with Crippen molar-refractivity contribution in [1.82, 2.24) is 19.6 Å². The zero-order chi connectivity index (χ0) is 23.2. The quantitative estimate of drug-likeness (QED) is 0.380. The van der Waals surface area contributed by atoms with E-state index in [1.54, 1.807) is 19.1 Å². The van der Waals surface area contributed by atoms with Crippen LogP contribution in [0.4, 0.5) is 0 Å². The average Bonchev–Trinajstić information content (AvgIpc) is 3.26. The number of nitrogens with zero attached hydrogens (tertiary/aromatic N) is 4. The van der Waals surface area contributed by atoms with Crippen molar-refractivity contribution < 1.29 is 25.8 Å². The van der Waals surface area contributed by atoms with Gasteiger partial charge in [-0.1, -0.05) is 17.7 Å². The summed E-state index contributed by atoms with van der Waals surface area (Å²) in [4.78, 5) is 10.6. The van der Waals surface area contributed by atoms with Crippen molar-refractivity contribution in [2.45, 2.75) is 38.1 Å². The molecule has 3 rings (SSSR count). The molecule has 0 aliphatic rings. The van der Waals surface area contributed by atoms with E-state index in [-0.39, 0.29) is 22.3 Å². The minimum atomic E-state index is -3.79. The number of aldehydes is 1. The molecule has 2 heterocycles. The molecule has 0 N–H and O–H groups in total. The highest BCUT2D eigenvalue weighted by Gasteiger charge is 2.18. The molecule has 0 radical (unpaired) electrons. The first-order valence-corrected chi connectivity index (χ1v) is 12.6. The average molecular weight is 469 g/mol. The van der Waals surface area contributed by atoms with Crippen LogP contribution in [0.5, 0.6) is 5.88 Å². The Morgan fingerprint density at radius 2 is 1.68 bits per heavy atom. The van der Waals surface area contributed by atoms with Gasteiger partial charge in [-0.2, -0.15) is 18.6 Å². The lowest BCUT2D eigenvalue weighted by Crippen LogP contribution is -2.12. The molecule has 0 saturated carbocycles. The zero-order valence-corrected chi connectivity index (χ0v) is 19.2. The van der Waals surface area contributed by atoms with Gasteiger partial charge in [-0.15, -0.1) is 0 Å². The standard InChI is InChI=1S/C12H14N2O3S.C7H10N2O3S/c1-3-14-12(8-9-13-14)17-18(15,16)11-6-4-10(2)5-7-11;1-6-3-7(4-10)9(8-6)5-13(2,11)12/h4-9H,3H2,1-2H3;3-4H,5H2,1-2H3. The van der Waals surface area contributed by atoms with E-state index in [0.29, 0.717) is 18.5 Å². The molecule has 0 spiro atoms. The number of hydrogen-bond donors (Lipinski definition) is 0. The SMILES string of the molecule is CCn1nccc1OS(=O)(=O)c1ccc(C)cc1.Cc1cc(C=O)n(CS(C)(=O)=O)n1. The summed E-state index contributed by atoms with van der Waals surface area (Å²) in [5.41, 5.74) is 1.90. The third-order valence-corrected chi connectivity index (χ3v) is 5.85. The molecule has 10 nitrogen and oxygen atoms in total. The Hall–Kier alpha value is -2.99. The van der Waals surface area contributed by atoms with Crippen molar-refractivity contribution in [2.75, 3.05) is 6.26 Å². The maximum absolute atomic E-state index is 12.0. The molecule has 0 fully saturated rings. The van der Waals surface area contributed by atoms with E-state index >= 15 is 0 Å². The molecule has 0 bridgehead atoms. The van der Waals surface area contributed by atoms with E-state index in [9.17, 15) is 21.6 Å². The van der Waals surface area contributed by atoms with Crippen LogP contribution in [0.2, 0.25) is 0 Å². The summed E-state index contributed by atoms with van der Waals surface area (Å²) in [6, 6.07) is 9.57. The second-order valence-electron chi connectivity index (χ2n) is 6.72. The summed E-state index contributed by atoms with van der Waals surface area (Å²) >= 11 is 0. The summed E-state index contributed by atoms with van der Waals surface area (Å²) in [5, 5.41) is 7.83. The second kappa shape index (κ2) is 9.88. The van der Waals surface area contributed by atoms with Gasteiger partial charge >= 0.3 is 10.1 Å². The molecule has 0 amide bonds. The second-order valence-corrected chi connectivity index (χ2v) is 10.4. The van der Waals surface area contributed by atoms with Crippen LogP contribution in [0, 0.1) is 13.8 Å². The maximum Gasteiger partial charge on any atom is 0.340 e. The van der Waals surface area contributed by atoms with Crippen LogP contribution in [0.1, 0.15) is 28.7 Å². The highest BCUT2D eigenvalue weighted by Crippen LogP contribution is 2.18. The van der Waals surface area contributed by atoms with Crippen molar-refractivity contribution in [1.29, 1.82) is 0 Å². The first-order chi connectivity index (χ1) is 14.4. The zero-order valence-electron chi connectivity index (χ0n) is 17.6. The highest BCUT2D eigenvalue weighted by atomic mass is 32.2. The molecule has 3 aromatic rings. The van der Waals surface area contributed by atoms with E-state index in [2.05, 4.69) is 10.2 Å². The fourth-order valence-electron chi connectivity index (χ4n) is 2.48. The van der Waals surface area contributed by atoms with Crippen LogP contribution in [0.3, 0.4) is 0 Å². The van der Waals surface area contributed by atoms with Gasteiger partial charge in [0.25, 0.3) is 0 Å². The van der Waals surface area contributed by atoms with Gasteiger partial charge in [-0.25, -0.2) is 17.8 Å². The van der Waals surface area contributed by atoms with Gasteiger partial charge in [0, 0.05) is 18.9 Å². The van der Waals surface area contributed by atoms with Gasteiger partial charge in [0.1, 0.15) is 16.5 Å². The monoisotopic (exact) mass is 468 g/mol. The van der Waals surface area contributed by atoms with Crippen molar-refractivity contribution >= 4 is 26.2 Å². The smallest absolute Gasteiger partial charge is 0.340 e. The molecule has 31 heavy (non-hydrogen) atoms. The lowest BCUT2D eigenvalue weighted by molar-refractivity contribution is 0.111. The van der Waals surface area contributed by atoms with Crippen molar-refractivity contribution in [2.24, 2.45) is 0 Å². The molecular formula is C19H24N4O6S2. The molecule has 1 aromatic carbocycles. The summed E-state index contributed by atoms with van der Waals surface area (Å²) in [6.45, 7) is 6.00. The minimum Gasteiger partial charge on any atom is -0.358 e. The number of carbonyl (C=O) groups is 1. The molecule has 2 aromatic heterocycles. The summed E-state index contributed by atoms with van der Waals surface area (Å²) in [5.74, 6) is -0.0346. The summed E-state index contributed by atoms with van der Waals surface area (Å²) in [7, 11) is -6.95. The number of aromatic nitrogens is 4. The molecule has 12 heteroatoms. The fourth-order valence-corrected chi connectivity index (χ4v) is 4.06. The first kappa shape index (κ1) is 24.3. The largest absolute Gasteiger partial charge is 0.358 e. The molecule has 0 aliphatic heterocycles. The number of hydrogen-bond acceptors (Lipinski definition) is 8. The number of aryl methyl sites for hydroxylation is 3.